The molecule has 2 heterocycles. The number of benzene rings is 2. The van der Waals surface area contributed by atoms with Crippen molar-refractivity contribution in [3.8, 4) is 22.4 Å². The molecule has 4 aromatic rings. The number of nitrogen functional groups attached to an aromatic ring is 1. The molecule has 0 saturated heterocycles. The molecule has 25 heavy (non-hydrogen) atoms. The summed E-state index contributed by atoms with van der Waals surface area (Å²) in [6.07, 6.45) is 0. The molecule has 0 aliphatic rings. The van der Waals surface area contributed by atoms with Crippen LogP contribution in [0.5, 0.6) is 0 Å². The van der Waals surface area contributed by atoms with E-state index >= 15 is 0 Å². The van der Waals surface area contributed by atoms with Crippen molar-refractivity contribution in [1.82, 2.24) is 15.0 Å². The number of fused-ring (bicyclic) bond motifs is 1. The Morgan fingerprint density at radius 2 is 1.44 bits per heavy atom. The van der Waals surface area contributed by atoms with Gasteiger partial charge in [0.05, 0.1) is 11.1 Å². The zero-order valence-electron chi connectivity index (χ0n) is 13.8. The number of aromatic nitrogens is 3. The lowest BCUT2D eigenvalue weighted by molar-refractivity contribution is 1.19. The molecule has 4 rings (SSSR count). The van der Waals surface area contributed by atoms with E-state index in [1.807, 2.05) is 55.6 Å². The lowest BCUT2D eigenvalue weighted by atomic mass is 9.98. The number of rotatable bonds is 3. The average molecular weight is 327 g/mol. The summed E-state index contributed by atoms with van der Waals surface area (Å²) in [4.78, 5) is 13.4. The molecular formula is C20H17N5. The van der Waals surface area contributed by atoms with Crippen LogP contribution < -0.4 is 11.1 Å². The molecule has 0 atom stereocenters. The standard InChI is InChI=1S/C20H17N5/c1-22-18-16-12-15(13-8-4-2-5-9-13)17(14-10-6-3-7-11-14)23-19(16)25-20(21)24-18/h2-12H,1H3,(H3,21,22,23,24,25). The summed E-state index contributed by atoms with van der Waals surface area (Å²) in [5, 5.41) is 3.92. The van der Waals surface area contributed by atoms with Crippen LogP contribution in [0.2, 0.25) is 0 Å². The summed E-state index contributed by atoms with van der Waals surface area (Å²) in [6, 6.07) is 22.4. The Hall–Kier alpha value is -3.47. The van der Waals surface area contributed by atoms with Gasteiger partial charge in [-0.25, -0.2) is 4.98 Å². The van der Waals surface area contributed by atoms with Crippen LogP contribution in [0.1, 0.15) is 0 Å². The second-order valence-corrected chi connectivity index (χ2v) is 5.67. The van der Waals surface area contributed by atoms with Crippen molar-refractivity contribution in [1.29, 1.82) is 0 Å². The minimum Gasteiger partial charge on any atom is -0.372 e. The first kappa shape index (κ1) is 15.1. The number of nitrogens with one attached hydrogen (secondary N) is 1. The highest BCUT2D eigenvalue weighted by Crippen LogP contribution is 2.34. The number of anilines is 2. The van der Waals surface area contributed by atoms with E-state index in [-0.39, 0.29) is 5.95 Å². The summed E-state index contributed by atoms with van der Waals surface area (Å²) in [7, 11) is 1.81. The van der Waals surface area contributed by atoms with Crippen molar-refractivity contribution in [2.75, 3.05) is 18.1 Å². The number of nitrogens with two attached hydrogens (primary N) is 1. The van der Waals surface area contributed by atoms with Crippen LogP contribution in [-0.4, -0.2) is 22.0 Å². The molecule has 0 unspecified atom stereocenters. The summed E-state index contributed by atoms with van der Waals surface area (Å²) in [6.45, 7) is 0. The van der Waals surface area contributed by atoms with Gasteiger partial charge in [-0.2, -0.15) is 9.97 Å². The van der Waals surface area contributed by atoms with Gasteiger partial charge < -0.3 is 11.1 Å². The van der Waals surface area contributed by atoms with E-state index < -0.39 is 0 Å². The highest BCUT2D eigenvalue weighted by Gasteiger charge is 2.15. The highest BCUT2D eigenvalue weighted by atomic mass is 15.1. The van der Waals surface area contributed by atoms with Crippen LogP contribution in [0.25, 0.3) is 33.4 Å². The van der Waals surface area contributed by atoms with Gasteiger partial charge >= 0.3 is 0 Å². The molecule has 5 nitrogen and oxygen atoms in total. The molecule has 0 bridgehead atoms. The molecule has 0 aliphatic carbocycles. The first-order valence-electron chi connectivity index (χ1n) is 8.03. The van der Waals surface area contributed by atoms with Gasteiger partial charge in [0.1, 0.15) is 5.82 Å². The first-order valence-corrected chi connectivity index (χ1v) is 8.03. The van der Waals surface area contributed by atoms with Crippen LogP contribution in [-0.2, 0) is 0 Å². The largest absolute Gasteiger partial charge is 0.372 e. The van der Waals surface area contributed by atoms with E-state index in [1.165, 1.54) is 0 Å². The zero-order valence-corrected chi connectivity index (χ0v) is 13.8. The van der Waals surface area contributed by atoms with Gasteiger partial charge in [0.25, 0.3) is 0 Å². The first-order chi connectivity index (χ1) is 12.3. The van der Waals surface area contributed by atoms with Crippen LogP contribution in [0.3, 0.4) is 0 Å². The Balaban J connectivity index is 2.08. The van der Waals surface area contributed by atoms with Gasteiger partial charge in [-0.1, -0.05) is 60.7 Å². The van der Waals surface area contributed by atoms with E-state index in [0.29, 0.717) is 11.5 Å². The van der Waals surface area contributed by atoms with Crippen molar-refractivity contribution in [3.63, 3.8) is 0 Å². The van der Waals surface area contributed by atoms with E-state index in [4.69, 9.17) is 10.7 Å². The summed E-state index contributed by atoms with van der Waals surface area (Å²) >= 11 is 0. The molecule has 122 valence electrons. The number of hydrogen-bond donors (Lipinski definition) is 2. The molecule has 2 aromatic heterocycles. The molecular weight excluding hydrogens is 310 g/mol. The fourth-order valence-electron chi connectivity index (χ4n) is 2.92. The SMILES string of the molecule is CNc1nc(N)nc2nc(-c3ccccc3)c(-c3ccccc3)cc12. The molecule has 0 spiro atoms. The maximum Gasteiger partial charge on any atom is 0.224 e. The molecule has 0 amide bonds. The maximum atomic E-state index is 5.84. The minimum absolute atomic E-state index is 0.204. The molecule has 0 fully saturated rings. The van der Waals surface area contributed by atoms with Crippen molar-refractivity contribution < 1.29 is 0 Å². The lowest BCUT2D eigenvalue weighted by Gasteiger charge is -2.13. The van der Waals surface area contributed by atoms with Gasteiger partial charge in [0.15, 0.2) is 5.65 Å². The van der Waals surface area contributed by atoms with Crippen LogP contribution in [0.4, 0.5) is 11.8 Å². The van der Waals surface area contributed by atoms with Crippen molar-refractivity contribution in [3.05, 3.63) is 66.7 Å². The van der Waals surface area contributed by atoms with Crippen LogP contribution in [0.15, 0.2) is 66.7 Å². The fraction of sp³-hybridized carbons (Fsp3) is 0.0500. The molecule has 0 saturated carbocycles. The van der Waals surface area contributed by atoms with Crippen LogP contribution >= 0.6 is 0 Å². The summed E-state index contributed by atoms with van der Waals surface area (Å²) in [5.74, 6) is 0.877. The van der Waals surface area contributed by atoms with Crippen molar-refractivity contribution in [2.45, 2.75) is 0 Å². The number of nitrogens with zero attached hydrogens (tertiary/aromatic N) is 3. The van der Waals surface area contributed by atoms with E-state index in [9.17, 15) is 0 Å². The van der Waals surface area contributed by atoms with Gasteiger partial charge in [-0.15, -0.1) is 0 Å². The van der Waals surface area contributed by atoms with Gasteiger partial charge in [-0.05, 0) is 11.6 Å². The van der Waals surface area contributed by atoms with E-state index in [2.05, 4.69) is 33.5 Å². The summed E-state index contributed by atoms with van der Waals surface area (Å²) < 4.78 is 0. The highest BCUT2D eigenvalue weighted by molar-refractivity contribution is 5.95. The molecule has 0 aliphatic heterocycles. The molecule has 3 N–H and O–H groups in total. The second-order valence-electron chi connectivity index (χ2n) is 5.67. The third-order valence-corrected chi connectivity index (χ3v) is 4.07. The fourth-order valence-corrected chi connectivity index (χ4v) is 2.92. The predicted octanol–water partition coefficient (Wildman–Crippen LogP) is 3.98. The van der Waals surface area contributed by atoms with E-state index in [0.717, 1.165) is 27.8 Å². The Morgan fingerprint density at radius 1 is 0.800 bits per heavy atom. The average Bonchev–Trinajstić information content (AvgIpc) is 2.67. The van der Waals surface area contributed by atoms with Crippen molar-refractivity contribution >= 4 is 22.8 Å². The zero-order chi connectivity index (χ0) is 17.2. The molecule has 5 heteroatoms. The van der Waals surface area contributed by atoms with E-state index in [1.54, 1.807) is 0 Å². The Bertz CT molecular complexity index is 1030. The van der Waals surface area contributed by atoms with Gasteiger partial charge in [0, 0.05) is 18.2 Å². The Labute approximate surface area is 145 Å². The molecule has 2 aromatic carbocycles. The Kier molecular flexibility index (Phi) is 3.74. The smallest absolute Gasteiger partial charge is 0.224 e. The third-order valence-electron chi connectivity index (χ3n) is 4.07. The topological polar surface area (TPSA) is 76.7 Å². The molecule has 0 radical (unpaired) electrons. The quantitative estimate of drug-likeness (QED) is 0.595. The minimum atomic E-state index is 0.204. The number of pyridine rings is 1. The van der Waals surface area contributed by atoms with Gasteiger partial charge in [-0.3, -0.25) is 0 Å². The predicted molar refractivity (Wildman–Crippen MR) is 102 cm³/mol. The normalized spacial score (nSPS) is 10.8. The monoisotopic (exact) mass is 327 g/mol. The second kappa shape index (κ2) is 6.20. The van der Waals surface area contributed by atoms with Crippen molar-refractivity contribution in [2.24, 2.45) is 0 Å². The van der Waals surface area contributed by atoms with Crippen LogP contribution in [0, 0.1) is 0 Å². The maximum absolute atomic E-state index is 5.84. The summed E-state index contributed by atoms with van der Waals surface area (Å²) in [5.41, 5.74) is 10.4. The Morgan fingerprint density at radius 3 is 2.08 bits per heavy atom. The lowest BCUT2D eigenvalue weighted by Crippen LogP contribution is -2.03. The third kappa shape index (κ3) is 2.76. The van der Waals surface area contributed by atoms with Gasteiger partial charge in [0.2, 0.25) is 5.95 Å². The number of hydrogen-bond acceptors (Lipinski definition) is 5.